The molecule has 1 N–H and O–H groups in total. The predicted octanol–water partition coefficient (Wildman–Crippen LogP) is 2.80. The molecule has 1 aromatic carbocycles. The fourth-order valence-electron chi connectivity index (χ4n) is 1.68. The van der Waals surface area contributed by atoms with E-state index >= 15 is 0 Å². The molecule has 0 bridgehead atoms. The number of hydrogen-bond acceptors (Lipinski definition) is 4. The van der Waals surface area contributed by atoms with E-state index < -0.39 is 0 Å². The third-order valence-corrected chi connectivity index (χ3v) is 2.81. The molecule has 1 aromatic rings. The smallest absolute Gasteiger partial charge is 0.163 e. The summed E-state index contributed by atoms with van der Waals surface area (Å²) >= 11 is 0. The Morgan fingerprint density at radius 3 is 2.06 bits per heavy atom. The van der Waals surface area contributed by atoms with Crippen LogP contribution in [0, 0.1) is 34.0 Å². The molecule has 0 unspecified atom stereocenters. The van der Waals surface area contributed by atoms with Crippen molar-refractivity contribution in [3.63, 3.8) is 0 Å². The first-order valence-corrected chi connectivity index (χ1v) is 5.60. The van der Waals surface area contributed by atoms with Crippen LogP contribution in [0.25, 0.3) is 0 Å². The molecule has 0 saturated heterocycles. The summed E-state index contributed by atoms with van der Waals surface area (Å²) in [6.07, 6.45) is 2.48. The largest absolute Gasteiger partial charge is 0.345 e. The second-order valence-corrected chi connectivity index (χ2v) is 4.11. The van der Waals surface area contributed by atoms with Crippen LogP contribution in [0.15, 0.2) is 35.5 Å². The Morgan fingerprint density at radius 1 is 1.00 bits per heavy atom. The minimum absolute atomic E-state index is 0.0147. The summed E-state index contributed by atoms with van der Waals surface area (Å²) < 4.78 is 0. The normalized spacial score (nSPS) is 12.7. The van der Waals surface area contributed by atoms with Crippen LogP contribution in [0.3, 0.4) is 0 Å². The highest BCUT2D eigenvalue weighted by atomic mass is 14.9. The Bertz CT molecular complexity index is 585. The van der Waals surface area contributed by atoms with Crippen molar-refractivity contribution in [1.82, 2.24) is 0 Å². The lowest BCUT2D eigenvalue weighted by atomic mass is 10.1. The van der Waals surface area contributed by atoms with E-state index in [1.54, 1.807) is 12.1 Å². The summed E-state index contributed by atoms with van der Waals surface area (Å²) in [5.41, 5.74) is 1.78. The molecule has 0 spiro atoms. The van der Waals surface area contributed by atoms with Crippen LogP contribution < -0.4 is 5.32 Å². The number of benzene rings is 1. The predicted molar refractivity (Wildman–Crippen MR) is 65.9 cm³/mol. The molecule has 2 rings (SSSR count). The Morgan fingerprint density at radius 2 is 1.61 bits per heavy atom. The molecule has 1 aliphatic rings. The SMILES string of the molecule is N#CC(C#N)=C(C#N)Nc1ccc(C2CC2)cc1. The molecule has 1 aliphatic carbocycles. The summed E-state index contributed by atoms with van der Waals surface area (Å²) in [5, 5.41) is 29.1. The quantitative estimate of drug-likeness (QED) is 0.815. The van der Waals surface area contributed by atoms with Crippen molar-refractivity contribution in [3.05, 3.63) is 41.1 Å². The number of nitrogens with one attached hydrogen (secondary N) is 1. The second kappa shape index (κ2) is 5.04. The maximum Gasteiger partial charge on any atom is 0.163 e. The first-order valence-electron chi connectivity index (χ1n) is 5.60. The van der Waals surface area contributed by atoms with Crippen LogP contribution in [0.4, 0.5) is 5.69 Å². The number of nitrogens with zero attached hydrogens (tertiary/aromatic N) is 3. The van der Waals surface area contributed by atoms with Gasteiger partial charge in [0, 0.05) is 5.69 Å². The highest BCUT2D eigenvalue weighted by Gasteiger charge is 2.22. The lowest BCUT2D eigenvalue weighted by Gasteiger charge is -2.05. The van der Waals surface area contributed by atoms with Crippen molar-refractivity contribution in [2.75, 3.05) is 5.32 Å². The summed E-state index contributed by atoms with van der Waals surface area (Å²) in [7, 11) is 0. The van der Waals surface area contributed by atoms with Gasteiger partial charge in [-0.2, -0.15) is 15.8 Å². The molecule has 0 heterocycles. The number of anilines is 1. The first kappa shape index (κ1) is 11.7. The van der Waals surface area contributed by atoms with Gasteiger partial charge in [0.05, 0.1) is 0 Å². The molecule has 4 nitrogen and oxygen atoms in total. The molecular weight excluding hydrogens is 224 g/mol. The molecule has 0 radical (unpaired) electrons. The highest BCUT2D eigenvalue weighted by Crippen LogP contribution is 2.40. The molecule has 0 atom stereocenters. The van der Waals surface area contributed by atoms with Crippen molar-refractivity contribution < 1.29 is 0 Å². The van der Waals surface area contributed by atoms with E-state index in [-0.39, 0.29) is 11.3 Å². The Kier molecular flexibility index (Phi) is 3.28. The lowest BCUT2D eigenvalue weighted by molar-refractivity contribution is 1.13. The molecule has 0 aromatic heterocycles. The Hall–Kier alpha value is -2.77. The van der Waals surface area contributed by atoms with Gasteiger partial charge in [-0.15, -0.1) is 0 Å². The molecule has 4 heteroatoms. The summed E-state index contributed by atoms with van der Waals surface area (Å²) in [6, 6.07) is 12.9. The van der Waals surface area contributed by atoms with Crippen LogP contribution in [0.2, 0.25) is 0 Å². The van der Waals surface area contributed by atoms with E-state index in [1.807, 2.05) is 30.3 Å². The fourth-order valence-corrected chi connectivity index (χ4v) is 1.68. The minimum atomic E-state index is -0.205. The van der Waals surface area contributed by atoms with Gasteiger partial charge in [0.25, 0.3) is 0 Å². The van der Waals surface area contributed by atoms with E-state index in [2.05, 4.69) is 5.32 Å². The summed E-state index contributed by atoms with van der Waals surface area (Å²) in [6.45, 7) is 0. The van der Waals surface area contributed by atoms with Gasteiger partial charge in [0.1, 0.15) is 23.9 Å². The lowest BCUT2D eigenvalue weighted by Crippen LogP contribution is -2.00. The molecule has 18 heavy (non-hydrogen) atoms. The average molecular weight is 234 g/mol. The van der Waals surface area contributed by atoms with Gasteiger partial charge in [-0.25, -0.2) is 0 Å². The number of nitriles is 3. The van der Waals surface area contributed by atoms with Gasteiger partial charge < -0.3 is 5.32 Å². The first-order chi connectivity index (χ1) is 8.78. The van der Waals surface area contributed by atoms with Crippen LogP contribution in [0.5, 0.6) is 0 Å². The number of allylic oxidation sites excluding steroid dienone is 2. The highest BCUT2D eigenvalue weighted by molar-refractivity contribution is 5.58. The zero-order valence-electron chi connectivity index (χ0n) is 9.64. The Labute approximate surface area is 105 Å². The fraction of sp³-hybridized carbons (Fsp3) is 0.214. The van der Waals surface area contributed by atoms with Crippen molar-refractivity contribution in [1.29, 1.82) is 15.8 Å². The standard InChI is InChI=1S/C14H10N4/c15-7-12(8-16)14(9-17)18-13-5-3-11(4-6-13)10-1-2-10/h3-6,10,18H,1-2H2. The van der Waals surface area contributed by atoms with Crippen molar-refractivity contribution in [2.24, 2.45) is 0 Å². The van der Waals surface area contributed by atoms with Crippen LogP contribution in [-0.4, -0.2) is 0 Å². The average Bonchev–Trinajstić information content (AvgIpc) is 3.24. The van der Waals surface area contributed by atoms with Gasteiger partial charge >= 0.3 is 0 Å². The minimum Gasteiger partial charge on any atom is -0.345 e. The van der Waals surface area contributed by atoms with Gasteiger partial charge in [0.15, 0.2) is 5.57 Å². The van der Waals surface area contributed by atoms with E-state index in [1.165, 1.54) is 18.4 Å². The second-order valence-electron chi connectivity index (χ2n) is 4.11. The van der Waals surface area contributed by atoms with Crippen molar-refractivity contribution in [3.8, 4) is 18.2 Å². The number of rotatable bonds is 3. The molecular formula is C14H10N4. The zero-order valence-corrected chi connectivity index (χ0v) is 9.64. The molecule has 1 fully saturated rings. The van der Waals surface area contributed by atoms with Gasteiger partial charge in [-0.3, -0.25) is 0 Å². The molecule has 1 saturated carbocycles. The third-order valence-electron chi connectivity index (χ3n) is 2.81. The van der Waals surface area contributed by atoms with Crippen LogP contribution in [0.1, 0.15) is 24.3 Å². The monoisotopic (exact) mass is 234 g/mol. The molecule has 0 aliphatic heterocycles. The van der Waals surface area contributed by atoms with E-state index in [9.17, 15) is 0 Å². The van der Waals surface area contributed by atoms with Crippen molar-refractivity contribution >= 4 is 5.69 Å². The van der Waals surface area contributed by atoms with Gasteiger partial charge in [0.2, 0.25) is 0 Å². The molecule has 0 amide bonds. The van der Waals surface area contributed by atoms with E-state index in [4.69, 9.17) is 15.8 Å². The van der Waals surface area contributed by atoms with Crippen LogP contribution in [-0.2, 0) is 0 Å². The maximum absolute atomic E-state index is 8.90. The number of hydrogen-bond donors (Lipinski definition) is 1. The van der Waals surface area contributed by atoms with Crippen molar-refractivity contribution in [2.45, 2.75) is 18.8 Å². The molecule has 86 valence electrons. The van der Waals surface area contributed by atoms with Crippen LogP contribution >= 0.6 is 0 Å². The Balaban J connectivity index is 2.18. The van der Waals surface area contributed by atoms with E-state index in [0.29, 0.717) is 11.6 Å². The maximum atomic E-state index is 8.90. The zero-order chi connectivity index (χ0) is 13.0. The van der Waals surface area contributed by atoms with Gasteiger partial charge in [-0.1, -0.05) is 12.1 Å². The summed E-state index contributed by atoms with van der Waals surface area (Å²) in [5.74, 6) is 0.679. The van der Waals surface area contributed by atoms with E-state index in [0.717, 1.165) is 0 Å². The summed E-state index contributed by atoms with van der Waals surface area (Å²) in [4.78, 5) is 0. The topological polar surface area (TPSA) is 83.4 Å². The third kappa shape index (κ3) is 2.48. The van der Waals surface area contributed by atoms with Gasteiger partial charge in [-0.05, 0) is 36.5 Å².